The molecule has 1 nitrogen and oxygen atoms in total. The standard InChI is InChI=1S/C14H12BrN/c1-11-2-4-12(5-3-11)6-7-13-8-14(15)10-16-9-13/h2-10H,1H3/b7-6+. The molecule has 2 rings (SSSR count). The molecule has 0 aliphatic carbocycles. The molecule has 0 atom stereocenters. The summed E-state index contributed by atoms with van der Waals surface area (Å²) in [5.41, 5.74) is 3.57. The van der Waals surface area contributed by atoms with Crippen molar-refractivity contribution >= 4 is 28.1 Å². The zero-order valence-electron chi connectivity index (χ0n) is 9.02. The maximum absolute atomic E-state index is 4.11. The highest BCUT2D eigenvalue weighted by Gasteiger charge is 1.90. The summed E-state index contributed by atoms with van der Waals surface area (Å²) in [6.07, 6.45) is 7.77. The fraction of sp³-hybridized carbons (Fsp3) is 0.0714. The van der Waals surface area contributed by atoms with Crippen LogP contribution in [-0.2, 0) is 0 Å². The van der Waals surface area contributed by atoms with Gasteiger partial charge in [0.05, 0.1) is 0 Å². The molecule has 0 aliphatic rings. The minimum Gasteiger partial charge on any atom is -0.263 e. The Hall–Kier alpha value is -1.41. The summed E-state index contributed by atoms with van der Waals surface area (Å²) in [7, 11) is 0. The van der Waals surface area contributed by atoms with E-state index in [1.807, 2.05) is 12.3 Å². The Bertz CT molecular complexity index is 500. The van der Waals surface area contributed by atoms with Gasteiger partial charge in [0.25, 0.3) is 0 Å². The van der Waals surface area contributed by atoms with Gasteiger partial charge in [0.15, 0.2) is 0 Å². The third kappa shape index (κ3) is 3.04. The Morgan fingerprint density at radius 2 is 1.69 bits per heavy atom. The Kier molecular flexibility index (Phi) is 3.52. The van der Waals surface area contributed by atoms with Crippen molar-refractivity contribution < 1.29 is 0 Å². The topological polar surface area (TPSA) is 12.9 Å². The molecule has 0 aliphatic heterocycles. The van der Waals surface area contributed by atoms with Crippen LogP contribution in [-0.4, -0.2) is 4.98 Å². The number of halogens is 1. The normalized spacial score (nSPS) is 10.9. The second kappa shape index (κ2) is 5.08. The molecular formula is C14H12BrN. The molecule has 80 valence electrons. The molecule has 0 saturated heterocycles. The molecule has 0 bridgehead atoms. The quantitative estimate of drug-likeness (QED) is 0.794. The van der Waals surface area contributed by atoms with Crippen LogP contribution in [0, 0.1) is 6.92 Å². The third-order valence-corrected chi connectivity index (χ3v) is 2.71. The lowest BCUT2D eigenvalue weighted by Gasteiger charge is -1.96. The number of pyridine rings is 1. The van der Waals surface area contributed by atoms with Gasteiger partial charge in [0.2, 0.25) is 0 Å². The number of hydrogen-bond acceptors (Lipinski definition) is 1. The van der Waals surface area contributed by atoms with Crippen molar-refractivity contribution in [2.45, 2.75) is 6.92 Å². The number of aryl methyl sites for hydroxylation is 1. The maximum Gasteiger partial charge on any atom is 0.0410 e. The molecular weight excluding hydrogens is 262 g/mol. The van der Waals surface area contributed by atoms with Crippen LogP contribution < -0.4 is 0 Å². The minimum absolute atomic E-state index is 0.999. The van der Waals surface area contributed by atoms with Crippen LogP contribution in [0.15, 0.2) is 47.2 Å². The predicted molar refractivity (Wildman–Crippen MR) is 72.0 cm³/mol. The summed E-state index contributed by atoms with van der Waals surface area (Å²) in [5.74, 6) is 0. The SMILES string of the molecule is Cc1ccc(/C=C/c2cncc(Br)c2)cc1. The molecule has 1 aromatic heterocycles. The van der Waals surface area contributed by atoms with Gasteiger partial charge in [-0.05, 0) is 40.0 Å². The van der Waals surface area contributed by atoms with Crippen LogP contribution in [0.2, 0.25) is 0 Å². The lowest BCUT2D eigenvalue weighted by atomic mass is 10.1. The molecule has 0 spiro atoms. The molecule has 1 aromatic carbocycles. The van der Waals surface area contributed by atoms with E-state index >= 15 is 0 Å². The summed E-state index contributed by atoms with van der Waals surface area (Å²) in [5, 5.41) is 0. The Morgan fingerprint density at radius 3 is 2.38 bits per heavy atom. The Labute approximate surface area is 104 Å². The highest BCUT2D eigenvalue weighted by molar-refractivity contribution is 9.10. The molecule has 0 unspecified atom stereocenters. The van der Waals surface area contributed by atoms with E-state index in [2.05, 4.69) is 64.3 Å². The van der Waals surface area contributed by atoms with Gasteiger partial charge in [-0.25, -0.2) is 0 Å². The van der Waals surface area contributed by atoms with Gasteiger partial charge in [-0.2, -0.15) is 0 Å². The van der Waals surface area contributed by atoms with Gasteiger partial charge in [0, 0.05) is 16.9 Å². The molecule has 1 heterocycles. The van der Waals surface area contributed by atoms with E-state index in [0.717, 1.165) is 10.0 Å². The zero-order chi connectivity index (χ0) is 11.4. The van der Waals surface area contributed by atoms with Crippen molar-refractivity contribution in [1.82, 2.24) is 4.98 Å². The van der Waals surface area contributed by atoms with E-state index in [1.165, 1.54) is 11.1 Å². The van der Waals surface area contributed by atoms with E-state index in [0.29, 0.717) is 0 Å². The number of benzene rings is 1. The fourth-order valence-corrected chi connectivity index (χ4v) is 1.77. The molecule has 2 heteroatoms. The van der Waals surface area contributed by atoms with E-state index in [4.69, 9.17) is 0 Å². The zero-order valence-corrected chi connectivity index (χ0v) is 10.6. The smallest absolute Gasteiger partial charge is 0.0410 e. The molecule has 0 fully saturated rings. The second-order valence-corrected chi connectivity index (χ2v) is 4.60. The summed E-state index contributed by atoms with van der Waals surface area (Å²) in [6.45, 7) is 2.09. The molecule has 2 aromatic rings. The van der Waals surface area contributed by atoms with E-state index in [1.54, 1.807) is 6.20 Å². The molecule has 0 amide bonds. The largest absolute Gasteiger partial charge is 0.263 e. The average Bonchev–Trinajstić information content (AvgIpc) is 2.28. The van der Waals surface area contributed by atoms with Crippen LogP contribution in [0.4, 0.5) is 0 Å². The molecule has 0 saturated carbocycles. The van der Waals surface area contributed by atoms with Crippen LogP contribution in [0.25, 0.3) is 12.2 Å². The first-order valence-corrected chi connectivity index (χ1v) is 5.89. The summed E-state index contributed by atoms with van der Waals surface area (Å²) in [6, 6.07) is 10.5. The van der Waals surface area contributed by atoms with Gasteiger partial charge < -0.3 is 0 Å². The summed E-state index contributed by atoms with van der Waals surface area (Å²) < 4.78 is 0.999. The van der Waals surface area contributed by atoms with Gasteiger partial charge >= 0.3 is 0 Å². The Balaban J connectivity index is 2.18. The number of rotatable bonds is 2. The summed E-state index contributed by atoms with van der Waals surface area (Å²) in [4.78, 5) is 4.11. The van der Waals surface area contributed by atoms with Crippen molar-refractivity contribution in [3.05, 3.63) is 63.9 Å². The van der Waals surface area contributed by atoms with E-state index < -0.39 is 0 Å². The van der Waals surface area contributed by atoms with Crippen molar-refractivity contribution in [1.29, 1.82) is 0 Å². The van der Waals surface area contributed by atoms with Crippen LogP contribution in [0.5, 0.6) is 0 Å². The van der Waals surface area contributed by atoms with Gasteiger partial charge in [0.1, 0.15) is 0 Å². The average molecular weight is 274 g/mol. The molecule has 16 heavy (non-hydrogen) atoms. The highest BCUT2D eigenvalue weighted by atomic mass is 79.9. The van der Waals surface area contributed by atoms with Crippen LogP contribution >= 0.6 is 15.9 Å². The van der Waals surface area contributed by atoms with Gasteiger partial charge in [-0.15, -0.1) is 0 Å². The van der Waals surface area contributed by atoms with Crippen LogP contribution in [0.3, 0.4) is 0 Å². The second-order valence-electron chi connectivity index (χ2n) is 3.68. The van der Waals surface area contributed by atoms with Crippen molar-refractivity contribution in [2.75, 3.05) is 0 Å². The fourth-order valence-electron chi connectivity index (χ4n) is 1.39. The third-order valence-electron chi connectivity index (χ3n) is 2.27. The van der Waals surface area contributed by atoms with Gasteiger partial charge in [-0.1, -0.05) is 42.0 Å². The number of hydrogen-bond donors (Lipinski definition) is 0. The van der Waals surface area contributed by atoms with Crippen molar-refractivity contribution in [2.24, 2.45) is 0 Å². The van der Waals surface area contributed by atoms with Gasteiger partial charge in [-0.3, -0.25) is 4.98 Å². The lowest BCUT2D eigenvalue weighted by molar-refractivity contribution is 1.30. The van der Waals surface area contributed by atoms with E-state index in [9.17, 15) is 0 Å². The maximum atomic E-state index is 4.11. The first kappa shape index (κ1) is 11.1. The predicted octanol–water partition coefficient (Wildman–Crippen LogP) is 4.32. The molecule has 0 radical (unpaired) electrons. The van der Waals surface area contributed by atoms with Crippen LogP contribution in [0.1, 0.15) is 16.7 Å². The van der Waals surface area contributed by atoms with Crippen molar-refractivity contribution in [3.8, 4) is 0 Å². The number of nitrogens with zero attached hydrogens (tertiary/aromatic N) is 1. The first-order valence-electron chi connectivity index (χ1n) is 5.09. The first-order chi connectivity index (χ1) is 7.74. The van der Waals surface area contributed by atoms with E-state index in [-0.39, 0.29) is 0 Å². The highest BCUT2D eigenvalue weighted by Crippen LogP contribution is 2.13. The monoisotopic (exact) mass is 273 g/mol. The lowest BCUT2D eigenvalue weighted by Crippen LogP contribution is -1.77. The summed E-state index contributed by atoms with van der Waals surface area (Å²) >= 11 is 3.40. The minimum atomic E-state index is 0.999. The Morgan fingerprint density at radius 1 is 1.00 bits per heavy atom. The number of aromatic nitrogens is 1. The molecule has 0 N–H and O–H groups in total. The van der Waals surface area contributed by atoms with Crippen molar-refractivity contribution in [3.63, 3.8) is 0 Å².